The van der Waals surface area contributed by atoms with Crippen molar-refractivity contribution in [3.8, 4) is 0 Å². The zero-order valence-electron chi connectivity index (χ0n) is 17.0. The normalized spacial score (nSPS) is 15.6. The molecule has 0 aliphatic carbocycles. The van der Waals surface area contributed by atoms with Crippen molar-refractivity contribution in [2.75, 3.05) is 30.5 Å². The van der Waals surface area contributed by atoms with E-state index in [1.165, 1.54) is 4.31 Å². The lowest BCUT2D eigenvalue weighted by molar-refractivity contribution is -0.119. The number of hydrogen-bond donors (Lipinski definition) is 1. The summed E-state index contributed by atoms with van der Waals surface area (Å²) in [5.41, 5.74) is 1.73. The molecule has 1 aliphatic heterocycles. The average molecular weight is 444 g/mol. The van der Waals surface area contributed by atoms with Crippen LogP contribution in [0.5, 0.6) is 0 Å². The lowest BCUT2D eigenvalue weighted by atomic mass is 10.1. The predicted molar refractivity (Wildman–Crippen MR) is 121 cm³/mol. The van der Waals surface area contributed by atoms with E-state index >= 15 is 0 Å². The number of anilines is 1. The Kier molecular flexibility index (Phi) is 5.81. The molecule has 0 saturated carbocycles. The van der Waals surface area contributed by atoms with Crippen molar-refractivity contribution in [3.05, 3.63) is 58.8 Å². The number of likely N-dealkylation sites (N-methyl/N-ethyl adjacent to an activating group) is 1. The van der Waals surface area contributed by atoms with E-state index in [9.17, 15) is 13.2 Å². The Hall–Kier alpha value is -2.42. The summed E-state index contributed by atoms with van der Waals surface area (Å²) in [7, 11) is -3.74. The first-order valence-electron chi connectivity index (χ1n) is 10.0. The number of thiophene rings is 1. The minimum Gasteiger partial charge on any atom is -0.353 e. The summed E-state index contributed by atoms with van der Waals surface area (Å²) < 4.78 is 27.3. The summed E-state index contributed by atoms with van der Waals surface area (Å²) in [4.78, 5) is 15.3. The van der Waals surface area contributed by atoms with Gasteiger partial charge >= 0.3 is 0 Å². The molecule has 1 atom stereocenters. The number of benzene rings is 2. The van der Waals surface area contributed by atoms with Crippen molar-refractivity contribution in [1.82, 2.24) is 10.2 Å². The van der Waals surface area contributed by atoms with Gasteiger partial charge in [-0.15, -0.1) is 0 Å². The minimum absolute atomic E-state index is 0.0611. The zero-order valence-corrected chi connectivity index (χ0v) is 18.7. The lowest BCUT2D eigenvalue weighted by Gasteiger charge is -2.29. The van der Waals surface area contributed by atoms with Crippen LogP contribution >= 0.6 is 11.3 Å². The third-order valence-electron chi connectivity index (χ3n) is 5.64. The molecule has 0 spiro atoms. The summed E-state index contributed by atoms with van der Waals surface area (Å²) in [6, 6.07) is 12.8. The van der Waals surface area contributed by atoms with Gasteiger partial charge in [-0.25, -0.2) is 8.42 Å². The molecule has 4 rings (SSSR count). The van der Waals surface area contributed by atoms with E-state index in [4.69, 9.17) is 0 Å². The Balaban J connectivity index is 1.53. The van der Waals surface area contributed by atoms with E-state index in [0.29, 0.717) is 17.6 Å². The monoisotopic (exact) mass is 443 g/mol. The van der Waals surface area contributed by atoms with Crippen molar-refractivity contribution in [2.45, 2.75) is 24.8 Å². The summed E-state index contributed by atoms with van der Waals surface area (Å²) >= 11 is 1.63. The molecular weight excluding hydrogens is 418 g/mol. The largest absolute Gasteiger partial charge is 0.353 e. The molecular formula is C22H25N3O3S2. The third-order valence-corrected chi connectivity index (χ3v) is 8.15. The second kappa shape index (κ2) is 8.37. The zero-order chi connectivity index (χ0) is 21.3. The number of carbonyl (C=O) groups is 1. The van der Waals surface area contributed by atoms with Gasteiger partial charge in [0.15, 0.2) is 0 Å². The topological polar surface area (TPSA) is 69.7 Å². The summed E-state index contributed by atoms with van der Waals surface area (Å²) in [6.45, 7) is 6.13. The van der Waals surface area contributed by atoms with E-state index < -0.39 is 10.0 Å². The van der Waals surface area contributed by atoms with Gasteiger partial charge in [-0.05, 0) is 53.0 Å². The summed E-state index contributed by atoms with van der Waals surface area (Å²) in [6.07, 6.45) is 0. The molecule has 0 radical (unpaired) electrons. The van der Waals surface area contributed by atoms with Crippen molar-refractivity contribution in [2.24, 2.45) is 0 Å². The fraction of sp³-hybridized carbons (Fsp3) is 0.318. The van der Waals surface area contributed by atoms with Crippen LogP contribution in [0.25, 0.3) is 10.8 Å². The fourth-order valence-corrected chi connectivity index (χ4v) is 6.49. The molecule has 8 heteroatoms. The minimum atomic E-state index is -3.74. The third kappa shape index (κ3) is 3.59. The second-order valence-electron chi connectivity index (χ2n) is 7.24. The van der Waals surface area contributed by atoms with Crippen LogP contribution in [0.4, 0.5) is 5.69 Å². The van der Waals surface area contributed by atoms with Crippen LogP contribution in [-0.4, -0.2) is 45.4 Å². The number of nitrogens with one attached hydrogen (secondary N) is 1. The Labute approximate surface area is 181 Å². The Morgan fingerprint density at radius 2 is 1.87 bits per heavy atom. The van der Waals surface area contributed by atoms with Gasteiger partial charge in [-0.2, -0.15) is 11.3 Å². The highest BCUT2D eigenvalue weighted by atomic mass is 32.2. The maximum absolute atomic E-state index is 13.1. The summed E-state index contributed by atoms with van der Waals surface area (Å²) in [5.74, 6) is -0.309. The van der Waals surface area contributed by atoms with E-state index in [1.54, 1.807) is 29.5 Å². The van der Waals surface area contributed by atoms with Gasteiger partial charge in [0.05, 0.1) is 16.6 Å². The first-order valence-corrected chi connectivity index (χ1v) is 12.4. The number of rotatable bonds is 8. The summed E-state index contributed by atoms with van der Waals surface area (Å²) in [5, 5.41) is 8.63. The molecule has 1 unspecified atom stereocenters. The predicted octanol–water partition coefficient (Wildman–Crippen LogP) is 3.61. The van der Waals surface area contributed by atoms with Crippen LogP contribution in [0, 0.1) is 0 Å². The lowest BCUT2D eigenvalue weighted by Crippen LogP contribution is -2.43. The quantitative estimate of drug-likeness (QED) is 0.577. The molecule has 30 heavy (non-hydrogen) atoms. The highest BCUT2D eigenvalue weighted by molar-refractivity contribution is 7.93. The van der Waals surface area contributed by atoms with Crippen LogP contribution in [0.3, 0.4) is 0 Å². The van der Waals surface area contributed by atoms with E-state index in [0.717, 1.165) is 24.0 Å². The van der Waals surface area contributed by atoms with Crippen LogP contribution in [-0.2, 0) is 14.8 Å². The van der Waals surface area contributed by atoms with Crippen LogP contribution in [0.1, 0.15) is 25.5 Å². The van der Waals surface area contributed by atoms with Gasteiger partial charge in [0.2, 0.25) is 5.91 Å². The number of carbonyl (C=O) groups excluding carboxylic acids is 1. The molecule has 0 bridgehead atoms. The maximum atomic E-state index is 13.1. The molecule has 2 aromatic carbocycles. The maximum Gasteiger partial charge on any atom is 0.265 e. The van der Waals surface area contributed by atoms with Crippen molar-refractivity contribution >= 4 is 43.7 Å². The van der Waals surface area contributed by atoms with Gasteiger partial charge in [0.1, 0.15) is 6.54 Å². The molecule has 2 heterocycles. The van der Waals surface area contributed by atoms with Crippen LogP contribution < -0.4 is 9.62 Å². The van der Waals surface area contributed by atoms with E-state index in [2.05, 4.69) is 35.5 Å². The smallest absolute Gasteiger partial charge is 0.265 e. The molecule has 1 aromatic heterocycles. The number of sulfonamides is 1. The number of hydrogen-bond acceptors (Lipinski definition) is 5. The van der Waals surface area contributed by atoms with Crippen molar-refractivity contribution in [3.63, 3.8) is 0 Å². The number of nitrogens with zero attached hydrogens (tertiary/aromatic N) is 2. The molecule has 1 aliphatic rings. The first-order chi connectivity index (χ1) is 14.5. The Morgan fingerprint density at radius 1 is 1.13 bits per heavy atom. The molecule has 1 N–H and O–H groups in total. The Bertz CT molecular complexity index is 1150. The second-order valence-corrected chi connectivity index (χ2v) is 9.85. The average Bonchev–Trinajstić information content (AvgIpc) is 3.34. The SMILES string of the molecule is CCN(CC)C(CNC(=O)CN1c2cccc3cccc(c23)S1(=O)=O)c1ccsc1. The van der Waals surface area contributed by atoms with Gasteiger partial charge < -0.3 is 5.32 Å². The van der Waals surface area contributed by atoms with Crippen LogP contribution in [0.2, 0.25) is 0 Å². The fourth-order valence-electron chi connectivity index (χ4n) is 4.11. The van der Waals surface area contributed by atoms with Crippen molar-refractivity contribution < 1.29 is 13.2 Å². The molecule has 0 fully saturated rings. The van der Waals surface area contributed by atoms with E-state index in [1.807, 2.05) is 23.6 Å². The Morgan fingerprint density at radius 3 is 2.53 bits per heavy atom. The molecule has 3 aromatic rings. The van der Waals surface area contributed by atoms with Gasteiger partial charge in [-0.1, -0.05) is 38.1 Å². The van der Waals surface area contributed by atoms with Gasteiger partial charge in [0.25, 0.3) is 10.0 Å². The van der Waals surface area contributed by atoms with Gasteiger partial charge in [0, 0.05) is 11.9 Å². The number of amides is 1. The highest BCUT2D eigenvalue weighted by Crippen LogP contribution is 2.41. The molecule has 158 valence electrons. The standard InChI is InChI=1S/C22H25N3O3S2/c1-3-24(4-2)19(17-11-12-29-15-17)13-23-21(26)14-25-18-9-5-7-16-8-6-10-20(22(16)18)30(25,27)28/h5-12,15,19H,3-4,13-14H2,1-2H3,(H,23,26). The first kappa shape index (κ1) is 20.8. The highest BCUT2D eigenvalue weighted by Gasteiger charge is 2.36. The van der Waals surface area contributed by atoms with E-state index in [-0.39, 0.29) is 23.4 Å². The molecule has 6 nitrogen and oxygen atoms in total. The molecule has 0 saturated heterocycles. The van der Waals surface area contributed by atoms with Crippen molar-refractivity contribution in [1.29, 1.82) is 0 Å². The molecule has 1 amide bonds. The van der Waals surface area contributed by atoms with Gasteiger partial charge in [-0.3, -0.25) is 14.0 Å². The van der Waals surface area contributed by atoms with Crippen LogP contribution in [0.15, 0.2) is 58.1 Å².